The van der Waals surface area contributed by atoms with Gasteiger partial charge in [-0.25, -0.2) is 4.79 Å². The van der Waals surface area contributed by atoms with E-state index >= 15 is 0 Å². The molecule has 1 amide bonds. The average molecular weight is 262 g/mol. The number of benzene rings is 1. The fourth-order valence-electron chi connectivity index (χ4n) is 2.61. The van der Waals surface area contributed by atoms with Gasteiger partial charge in [-0.1, -0.05) is 25.0 Å². The topological polar surface area (TPSA) is 83.6 Å². The third-order valence-electron chi connectivity index (χ3n) is 3.72. The first-order valence-electron chi connectivity index (χ1n) is 6.35. The third kappa shape index (κ3) is 2.46. The molecule has 1 aromatic carbocycles. The molecule has 0 atom stereocenters. The Morgan fingerprint density at radius 1 is 1.26 bits per heavy atom. The molecular formula is C14H18N2O3. The molecule has 1 aliphatic carbocycles. The number of hydrogen-bond donors (Lipinski definition) is 2. The number of amides is 1. The molecule has 0 bridgehead atoms. The number of carboxylic acids is 1. The number of aromatic carboxylic acids is 1. The number of hydrogen-bond acceptors (Lipinski definition) is 3. The summed E-state index contributed by atoms with van der Waals surface area (Å²) in [4.78, 5) is 25.0. The molecule has 0 heterocycles. The lowest BCUT2D eigenvalue weighted by molar-refractivity contribution is -0.123. The molecule has 0 spiro atoms. The molecular weight excluding hydrogens is 244 g/mol. The van der Waals surface area contributed by atoms with Gasteiger partial charge in [0.05, 0.1) is 16.8 Å². The first-order chi connectivity index (χ1) is 8.96. The van der Waals surface area contributed by atoms with Gasteiger partial charge in [0.15, 0.2) is 0 Å². The van der Waals surface area contributed by atoms with E-state index < -0.39 is 11.5 Å². The zero-order chi connectivity index (χ0) is 14.0. The maximum atomic E-state index is 12.5. The van der Waals surface area contributed by atoms with E-state index in [4.69, 9.17) is 10.8 Å². The molecule has 2 rings (SSSR count). The number of para-hydroxylation sites is 1. The van der Waals surface area contributed by atoms with Gasteiger partial charge < -0.3 is 15.7 Å². The predicted octanol–water partition coefficient (Wildman–Crippen LogP) is 1.62. The van der Waals surface area contributed by atoms with E-state index in [1.807, 2.05) is 0 Å². The van der Waals surface area contributed by atoms with E-state index in [1.54, 1.807) is 25.2 Å². The average Bonchev–Trinajstić information content (AvgIpc) is 2.85. The van der Waals surface area contributed by atoms with Crippen molar-refractivity contribution < 1.29 is 14.7 Å². The summed E-state index contributed by atoms with van der Waals surface area (Å²) >= 11 is 0. The van der Waals surface area contributed by atoms with Crippen LogP contribution in [0.3, 0.4) is 0 Å². The van der Waals surface area contributed by atoms with E-state index in [-0.39, 0.29) is 11.5 Å². The summed E-state index contributed by atoms with van der Waals surface area (Å²) in [5.74, 6) is -1.26. The fraction of sp³-hybridized carbons (Fsp3) is 0.429. The number of likely N-dealkylation sites (N-methyl/N-ethyl adjacent to an activating group) is 1. The minimum atomic E-state index is -1.05. The molecule has 102 valence electrons. The van der Waals surface area contributed by atoms with Crippen LogP contribution < -0.4 is 10.6 Å². The van der Waals surface area contributed by atoms with Crippen molar-refractivity contribution in [2.24, 2.45) is 5.73 Å². The normalized spacial score (nSPS) is 17.2. The van der Waals surface area contributed by atoms with Crippen LogP contribution >= 0.6 is 0 Å². The molecule has 0 radical (unpaired) electrons. The van der Waals surface area contributed by atoms with Gasteiger partial charge in [0, 0.05) is 7.05 Å². The lowest BCUT2D eigenvalue weighted by atomic mass is 9.96. The highest BCUT2D eigenvalue weighted by atomic mass is 16.4. The second-order valence-corrected chi connectivity index (χ2v) is 5.05. The number of rotatable bonds is 3. The highest BCUT2D eigenvalue weighted by molar-refractivity contribution is 6.05. The van der Waals surface area contributed by atoms with Gasteiger partial charge in [0.2, 0.25) is 5.91 Å². The van der Waals surface area contributed by atoms with Crippen molar-refractivity contribution in [2.45, 2.75) is 31.2 Å². The van der Waals surface area contributed by atoms with Crippen LogP contribution in [0.2, 0.25) is 0 Å². The van der Waals surface area contributed by atoms with E-state index in [0.29, 0.717) is 18.5 Å². The van der Waals surface area contributed by atoms with E-state index in [0.717, 1.165) is 12.8 Å². The summed E-state index contributed by atoms with van der Waals surface area (Å²) in [6.07, 6.45) is 3.20. The van der Waals surface area contributed by atoms with Gasteiger partial charge >= 0.3 is 5.97 Å². The van der Waals surface area contributed by atoms with Gasteiger partial charge in [-0.2, -0.15) is 0 Å². The Morgan fingerprint density at radius 3 is 2.42 bits per heavy atom. The monoisotopic (exact) mass is 262 g/mol. The quantitative estimate of drug-likeness (QED) is 0.867. The highest BCUT2D eigenvalue weighted by Gasteiger charge is 2.39. The molecule has 5 heteroatoms. The van der Waals surface area contributed by atoms with Crippen molar-refractivity contribution in [3.05, 3.63) is 29.8 Å². The van der Waals surface area contributed by atoms with Crippen LogP contribution in [0.25, 0.3) is 0 Å². The first kappa shape index (κ1) is 13.5. The summed E-state index contributed by atoms with van der Waals surface area (Å²) in [6.45, 7) is 0. The number of anilines is 1. The van der Waals surface area contributed by atoms with E-state index in [9.17, 15) is 9.59 Å². The Bertz CT molecular complexity index is 507. The van der Waals surface area contributed by atoms with Crippen molar-refractivity contribution in [3.8, 4) is 0 Å². The molecule has 0 aliphatic heterocycles. The summed E-state index contributed by atoms with van der Waals surface area (Å²) < 4.78 is 0. The highest BCUT2D eigenvalue weighted by Crippen LogP contribution is 2.31. The van der Waals surface area contributed by atoms with Gasteiger partial charge in [-0.3, -0.25) is 4.79 Å². The molecule has 0 aromatic heterocycles. The number of nitrogens with two attached hydrogens (primary N) is 1. The second-order valence-electron chi connectivity index (χ2n) is 5.05. The molecule has 1 aliphatic rings. The molecule has 0 saturated heterocycles. The maximum Gasteiger partial charge on any atom is 0.337 e. The SMILES string of the molecule is CN(C(=O)C1(N)CCCC1)c1ccccc1C(=O)O. The molecule has 5 nitrogen and oxygen atoms in total. The lowest BCUT2D eigenvalue weighted by Crippen LogP contribution is -2.52. The van der Waals surface area contributed by atoms with Gasteiger partial charge in [-0.05, 0) is 25.0 Å². The maximum absolute atomic E-state index is 12.5. The Hall–Kier alpha value is -1.88. The minimum Gasteiger partial charge on any atom is -0.478 e. The lowest BCUT2D eigenvalue weighted by Gasteiger charge is -2.29. The van der Waals surface area contributed by atoms with E-state index in [2.05, 4.69) is 0 Å². The third-order valence-corrected chi connectivity index (χ3v) is 3.72. The standard InChI is InChI=1S/C14H18N2O3/c1-16(13(19)14(15)8-4-5-9-14)11-7-3-2-6-10(11)12(17)18/h2-3,6-7H,4-5,8-9,15H2,1H3,(H,17,18). The Labute approximate surface area is 112 Å². The predicted molar refractivity (Wildman–Crippen MR) is 72.2 cm³/mol. The molecule has 3 N–H and O–H groups in total. The fourth-order valence-corrected chi connectivity index (χ4v) is 2.61. The van der Waals surface area contributed by atoms with Crippen LogP contribution in [0, 0.1) is 0 Å². The number of carbonyl (C=O) groups excluding carboxylic acids is 1. The molecule has 1 saturated carbocycles. The molecule has 0 unspecified atom stereocenters. The van der Waals surface area contributed by atoms with Gasteiger partial charge in [0.25, 0.3) is 0 Å². The van der Waals surface area contributed by atoms with E-state index in [1.165, 1.54) is 11.0 Å². The largest absolute Gasteiger partial charge is 0.478 e. The van der Waals surface area contributed by atoms with Crippen molar-refractivity contribution in [2.75, 3.05) is 11.9 Å². The van der Waals surface area contributed by atoms with Crippen molar-refractivity contribution in [1.82, 2.24) is 0 Å². The van der Waals surface area contributed by atoms with Crippen LogP contribution in [-0.2, 0) is 4.79 Å². The minimum absolute atomic E-state index is 0.111. The first-order valence-corrected chi connectivity index (χ1v) is 6.35. The van der Waals surface area contributed by atoms with Gasteiger partial charge in [0.1, 0.15) is 0 Å². The van der Waals surface area contributed by atoms with Crippen LogP contribution in [0.4, 0.5) is 5.69 Å². The van der Waals surface area contributed by atoms with Crippen LogP contribution in [0.5, 0.6) is 0 Å². The van der Waals surface area contributed by atoms with Crippen molar-refractivity contribution in [3.63, 3.8) is 0 Å². The van der Waals surface area contributed by atoms with Crippen molar-refractivity contribution in [1.29, 1.82) is 0 Å². The number of carboxylic acid groups (broad SMARTS) is 1. The van der Waals surface area contributed by atoms with Gasteiger partial charge in [-0.15, -0.1) is 0 Å². The zero-order valence-electron chi connectivity index (χ0n) is 10.9. The smallest absolute Gasteiger partial charge is 0.337 e. The summed E-state index contributed by atoms with van der Waals surface area (Å²) in [6, 6.07) is 6.46. The van der Waals surface area contributed by atoms with Crippen molar-refractivity contribution >= 4 is 17.6 Å². The van der Waals surface area contributed by atoms with Crippen LogP contribution in [0.15, 0.2) is 24.3 Å². The molecule has 19 heavy (non-hydrogen) atoms. The zero-order valence-corrected chi connectivity index (χ0v) is 10.9. The number of carbonyl (C=O) groups is 2. The van der Waals surface area contributed by atoms with Crippen LogP contribution in [-0.4, -0.2) is 29.6 Å². The Balaban J connectivity index is 2.31. The second kappa shape index (κ2) is 5.01. The Kier molecular flexibility index (Phi) is 3.57. The summed E-state index contributed by atoms with van der Waals surface area (Å²) in [5, 5.41) is 9.16. The van der Waals surface area contributed by atoms with Crippen LogP contribution in [0.1, 0.15) is 36.0 Å². The molecule has 1 aromatic rings. The molecule has 1 fully saturated rings. The summed E-state index contributed by atoms with van der Waals surface area (Å²) in [7, 11) is 1.58. The summed E-state index contributed by atoms with van der Waals surface area (Å²) in [5.41, 5.74) is 5.78. The number of nitrogens with zero attached hydrogens (tertiary/aromatic N) is 1. The Morgan fingerprint density at radius 2 is 1.84 bits per heavy atom.